The molecule has 0 aliphatic carbocycles. The molecule has 1 amide bonds. The topological polar surface area (TPSA) is 131 Å². The van der Waals surface area contributed by atoms with E-state index < -0.39 is 33.5 Å². The summed E-state index contributed by atoms with van der Waals surface area (Å²) in [6.45, 7) is 6.25. The number of alkyl carbamates (subject to hydrolysis) is 1. The van der Waals surface area contributed by atoms with Gasteiger partial charge in [0.05, 0.1) is 11.6 Å². The van der Waals surface area contributed by atoms with Gasteiger partial charge in [-0.1, -0.05) is 17.7 Å². The molecule has 2 N–H and O–H groups in total. The van der Waals surface area contributed by atoms with Gasteiger partial charge in [0.1, 0.15) is 16.3 Å². The number of aromatic nitrogens is 2. The van der Waals surface area contributed by atoms with Crippen LogP contribution >= 0.6 is 11.6 Å². The number of rotatable bonds is 9. The van der Waals surface area contributed by atoms with Crippen molar-refractivity contribution in [3.05, 3.63) is 57.6 Å². The number of carbonyl (C=O) groups is 2. The molecule has 10 nitrogen and oxygen atoms in total. The average molecular weight is 545 g/mol. The summed E-state index contributed by atoms with van der Waals surface area (Å²) in [6.07, 6.45) is 0.524. The fourth-order valence-electron chi connectivity index (χ4n) is 3.15. The second-order valence-electron chi connectivity index (χ2n) is 9.14. The maximum absolute atomic E-state index is 14.5. The van der Waals surface area contributed by atoms with Crippen LogP contribution in [-0.4, -0.2) is 65.9 Å². The molecule has 1 heterocycles. The van der Waals surface area contributed by atoms with Crippen LogP contribution in [0.3, 0.4) is 0 Å². The number of halogens is 2. The number of allylic oxidation sites excluding steroid dienone is 1. The van der Waals surface area contributed by atoms with Crippen LogP contribution in [0.1, 0.15) is 48.1 Å². The zero-order valence-electron chi connectivity index (χ0n) is 20.9. The molecule has 0 saturated carbocycles. The Balaban J connectivity index is 2.23. The van der Waals surface area contributed by atoms with Gasteiger partial charge in [-0.2, -0.15) is 5.10 Å². The van der Waals surface area contributed by atoms with Gasteiger partial charge >= 0.3 is 12.1 Å². The van der Waals surface area contributed by atoms with Gasteiger partial charge < -0.3 is 15.2 Å². The van der Waals surface area contributed by atoms with E-state index in [0.29, 0.717) is 16.8 Å². The van der Waals surface area contributed by atoms with E-state index in [0.717, 1.165) is 10.4 Å². The van der Waals surface area contributed by atoms with E-state index in [1.165, 1.54) is 37.0 Å². The number of carboxylic acid groups (broad SMARTS) is 1. The minimum atomic E-state index is -3.75. The van der Waals surface area contributed by atoms with Crippen LogP contribution in [0.2, 0.25) is 5.02 Å². The number of amides is 1. The third kappa shape index (κ3) is 7.52. The van der Waals surface area contributed by atoms with Crippen LogP contribution < -0.4 is 5.32 Å². The van der Waals surface area contributed by atoms with Gasteiger partial charge in [0.15, 0.2) is 5.69 Å². The third-order valence-corrected chi connectivity index (χ3v) is 7.24. The van der Waals surface area contributed by atoms with Crippen molar-refractivity contribution in [1.29, 1.82) is 0 Å². The molecule has 0 unspecified atom stereocenters. The van der Waals surface area contributed by atoms with Crippen molar-refractivity contribution in [3.8, 4) is 0 Å². The first kappa shape index (κ1) is 29.3. The minimum Gasteiger partial charge on any atom is -0.476 e. The van der Waals surface area contributed by atoms with Crippen molar-refractivity contribution in [2.75, 3.05) is 20.6 Å². The van der Waals surface area contributed by atoms with Gasteiger partial charge in [-0.05, 0) is 51.5 Å². The highest BCUT2D eigenvalue weighted by Gasteiger charge is 2.24. The molecule has 0 saturated heterocycles. The molecule has 1 aromatic heterocycles. The predicted molar refractivity (Wildman–Crippen MR) is 132 cm³/mol. The Kier molecular flexibility index (Phi) is 9.27. The molecule has 0 aliphatic heterocycles. The van der Waals surface area contributed by atoms with Crippen molar-refractivity contribution >= 4 is 33.7 Å². The van der Waals surface area contributed by atoms with Crippen molar-refractivity contribution in [3.63, 3.8) is 0 Å². The largest absolute Gasteiger partial charge is 0.476 e. The molecule has 0 fully saturated rings. The number of aromatic carboxylic acids is 1. The molecule has 0 radical (unpaired) electrons. The zero-order valence-corrected chi connectivity index (χ0v) is 22.5. The number of benzene rings is 1. The lowest BCUT2D eigenvalue weighted by atomic mass is 10.0. The molecule has 0 aliphatic rings. The number of nitrogens with zero attached hydrogens (tertiary/aromatic N) is 3. The lowest BCUT2D eigenvalue weighted by molar-refractivity contribution is 0.0533. The summed E-state index contributed by atoms with van der Waals surface area (Å²) >= 11 is 6.21. The van der Waals surface area contributed by atoms with Crippen molar-refractivity contribution in [1.82, 2.24) is 19.4 Å². The Labute approximate surface area is 214 Å². The van der Waals surface area contributed by atoms with Crippen LogP contribution in [0.25, 0.3) is 0 Å². The first-order chi connectivity index (χ1) is 16.5. The molecule has 1 aromatic carbocycles. The summed E-state index contributed by atoms with van der Waals surface area (Å²) in [5.41, 5.74) is 0.361. The van der Waals surface area contributed by atoms with Crippen molar-refractivity contribution in [2.45, 2.75) is 51.2 Å². The van der Waals surface area contributed by atoms with E-state index in [2.05, 4.69) is 10.4 Å². The molecular weight excluding hydrogens is 515 g/mol. The summed E-state index contributed by atoms with van der Waals surface area (Å²) < 4.78 is 46.6. The lowest BCUT2D eigenvalue weighted by Gasteiger charge is -2.19. The molecule has 2 aromatic rings. The Morgan fingerprint density at radius 1 is 1.31 bits per heavy atom. The molecular formula is C23H30ClFN4O6S. The predicted octanol–water partition coefficient (Wildman–Crippen LogP) is 3.76. The van der Waals surface area contributed by atoms with Gasteiger partial charge in [0.2, 0.25) is 10.0 Å². The molecule has 2 rings (SSSR count). The van der Waals surface area contributed by atoms with E-state index in [4.69, 9.17) is 16.3 Å². The normalized spacial score (nSPS) is 12.6. The highest BCUT2D eigenvalue weighted by Crippen LogP contribution is 2.27. The first-order valence-corrected chi connectivity index (χ1v) is 12.7. The van der Waals surface area contributed by atoms with Gasteiger partial charge in [-0.3, -0.25) is 4.68 Å². The third-order valence-electron chi connectivity index (χ3n) is 4.94. The number of ether oxygens (including phenoxy) is 1. The summed E-state index contributed by atoms with van der Waals surface area (Å²) in [6, 6.07) is 4.34. The van der Waals surface area contributed by atoms with Crippen LogP contribution in [-0.2, 0) is 27.7 Å². The van der Waals surface area contributed by atoms with Crippen LogP contribution in [0.15, 0.2) is 35.0 Å². The number of sulfonamides is 1. The second kappa shape index (κ2) is 11.4. The van der Waals surface area contributed by atoms with E-state index in [9.17, 15) is 27.5 Å². The molecule has 198 valence electrons. The summed E-state index contributed by atoms with van der Waals surface area (Å²) in [7, 11) is -0.977. The Hall–Kier alpha value is -2.96. The Bertz CT molecular complexity index is 1280. The highest BCUT2D eigenvalue weighted by molar-refractivity contribution is 7.89. The number of carboxylic acids is 1. The molecule has 36 heavy (non-hydrogen) atoms. The number of hydrogen-bond donors (Lipinski definition) is 2. The first-order valence-electron chi connectivity index (χ1n) is 10.8. The van der Waals surface area contributed by atoms with Crippen LogP contribution in [0.5, 0.6) is 0 Å². The minimum absolute atomic E-state index is 0.00501. The number of nitrogens with one attached hydrogen (secondary N) is 1. The van der Waals surface area contributed by atoms with Crippen molar-refractivity contribution in [2.24, 2.45) is 0 Å². The molecule has 0 spiro atoms. The van der Waals surface area contributed by atoms with Gasteiger partial charge in [-0.25, -0.2) is 26.7 Å². The Morgan fingerprint density at radius 2 is 1.94 bits per heavy atom. The standard InChI is InChI=1S/C23H30ClFN4O6S/c1-14-17(11-15-7-8-19(18(24)12-15)36(33,34)28(5)6)20(21(30)31)27-29(14)13-16(25)9-10-26-22(32)35-23(2,3)4/h7-9,12H,10-11,13H2,1-6H3,(H,26,32)(H,30,31)/b16-9-. The fraction of sp³-hybridized carbons (Fsp3) is 0.435. The van der Waals surface area contributed by atoms with Crippen LogP contribution in [0, 0.1) is 6.92 Å². The molecule has 13 heteroatoms. The van der Waals surface area contributed by atoms with Crippen LogP contribution in [0.4, 0.5) is 9.18 Å². The smallest absolute Gasteiger partial charge is 0.407 e. The number of carbonyl (C=O) groups excluding carboxylic acids is 1. The van der Waals surface area contributed by atoms with Crippen molar-refractivity contribution < 1.29 is 32.2 Å². The quantitative estimate of drug-likeness (QED) is 0.491. The second-order valence-corrected chi connectivity index (χ2v) is 11.7. The molecule has 0 atom stereocenters. The monoisotopic (exact) mass is 544 g/mol. The highest BCUT2D eigenvalue weighted by atomic mass is 35.5. The number of hydrogen-bond acceptors (Lipinski definition) is 6. The summed E-state index contributed by atoms with van der Waals surface area (Å²) in [5.74, 6) is -1.93. The lowest BCUT2D eigenvalue weighted by Crippen LogP contribution is -2.32. The summed E-state index contributed by atoms with van der Waals surface area (Å²) in [5, 5.41) is 16.0. The fourth-order valence-corrected chi connectivity index (χ4v) is 4.59. The maximum atomic E-state index is 14.5. The Morgan fingerprint density at radius 3 is 2.47 bits per heavy atom. The summed E-state index contributed by atoms with van der Waals surface area (Å²) in [4.78, 5) is 23.4. The van der Waals surface area contributed by atoms with E-state index in [-0.39, 0.29) is 35.1 Å². The molecule has 0 bridgehead atoms. The SMILES string of the molecule is Cc1c(Cc2ccc(S(=O)(=O)N(C)C)c(Cl)c2)c(C(=O)O)nn1C/C(F)=C/CNC(=O)OC(C)(C)C. The van der Waals surface area contributed by atoms with Gasteiger partial charge in [0, 0.05) is 38.3 Å². The van der Waals surface area contributed by atoms with Gasteiger partial charge in [-0.15, -0.1) is 0 Å². The van der Waals surface area contributed by atoms with E-state index >= 15 is 0 Å². The van der Waals surface area contributed by atoms with E-state index in [1.807, 2.05) is 0 Å². The average Bonchev–Trinajstić information content (AvgIpc) is 3.02. The van der Waals surface area contributed by atoms with E-state index in [1.54, 1.807) is 27.7 Å². The maximum Gasteiger partial charge on any atom is 0.407 e. The zero-order chi connectivity index (χ0) is 27.4. The van der Waals surface area contributed by atoms with Gasteiger partial charge in [0.25, 0.3) is 0 Å².